The lowest BCUT2D eigenvalue weighted by molar-refractivity contribution is -0.143. The van der Waals surface area contributed by atoms with Gasteiger partial charge in [-0.25, -0.2) is 9.59 Å². The zero-order chi connectivity index (χ0) is 14.5. The number of aliphatic carboxylic acids is 1. The molecule has 1 aromatic carbocycles. The molecule has 0 spiro atoms. The number of nitrogens with one attached hydrogen (secondary N) is 2. The summed E-state index contributed by atoms with van der Waals surface area (Å²) in [6, 6.07) is 7.00. The van der Waals surface area contributed by atoms with E-state index >= 15 is 0 Å². The molecule has 1 rings (SSSR count). The largest absolute Gasteiger partial charge is 0.480 e. The normalized spacial score (nSPS) is 13.4. The van der Waals surface area contributed by atoms with Crippen LogP contribution in [-0.2, 0) is 11.3 Å². The molecule has 0 bridgehead atoms. The highest BCUT2D eigenvalue weighted by molar-refractivity contribution is 9.10. The molecular weight excluding hydrogens is 312 g/mol. The van der Waals surface area contributed by atoms with Crippen LogP contribution in [0.4, 0.5) is 4.79 Å². The van der Waals surface area contributed by atoms with Crippen LogP contribution in [0, 0.1) is 0 Å². The van der Waals surface area contributed by atoms with Crippen molar-refractivity contribution in [3.05, 3.63) is 34.3 Å². The number of carbonyl (C=O) groups excluding carboxylic acids is 1. The van der Waals surface area contributed by atoms with E-state index in [9.17, 15) is 9.59 Å². The molecule has 1 unspecified atom stereocenters. The van der Waals surface area contributed by atoms with Crippen LogP contribution in [0.25, 0.3) is 0 Å². The topological polar surface area (TPSA) is 78.4 Å². The lowest BCUT2D eigenvalue weighted by Gasteiger charge is -2.24. The number of amides is 2. The summed E-state index contributed by atoms with van der Waals surface area (Å²) in [5.41, 5.74) is -0.330. The van der Waals surface area contributed by atoms with E-state index in [2.05, 4.69) is 26.6 Å². The highest BCUT2D eigenvalue weighted by atomic mass is 79.9. The van der Waals surface area contributed by atoms with Crippen LogP contribution in [-0.4, -0.2) is 22.6 Å². The molecular formula is C13H17BrN2O3. The Balaban J connectivity index is 2.57. The van der Waals surface area contributed by atoms with Crippen molar-refractivity contribution in [1.82, 2.24) is 10.6 Å². The molecule has 0 aromatic heterocycles. The molecule has 0 aliphatic heterocycles. The van der Waals surface area contributed by atoms with E-state index in [1.807, 2.05) is 24.3 Å². The van der Waals surface area contributed by atoms with Crippen LogP contribution in [0.1, 0.15) is 25.8 Å². The van der Waals surface area contributed by atoms with Gasteiger partial charge in [-0.2, -0.15) is 0 Å². The highest BCUT2D eigenvalue weighted by Gasteiger charge is 2.32. The summed E-state index contributed by atoms with van der Waals surface area (Å²) in [7, 11) is 0. The molecule has 0 aliphatic carbocycles. The SMILES string of the molecule is CCC(C)(NC(=O)NCc1ccccc1Br)C(=O)O. The van der Waals surface area contributed by atoms with Crippen molar-refractivity contribution in [2.24, 2.45) is 0 Å². The summed E-state index contributed by atoms with van der Waals surface area (Å²) in [6.45, 7) is 3.52. The number of carbonyl (C=O) groups is 2. The van der Waals surface area contributed by atoms with Gasteiger partial charge >= 0.3 is 12.0 Å². The Morgan fingerprint density at radius 3 is 2.53 bits per heavy atom. The van der Waals surface area contributed by atoms with E-state index < -0.39 is 17.5 Å². The number of carboxylic acids is 1. The van der Waals surface area contributed by atoms with Crippen molar-refractivity contribution < 1.29 is 14.7 Å². The molecule has 0 heterocycles. The third-order valence-corrected chi connectivity index (χ3v) is 3.74. The third-order valence-electron chi connectivity index (χ3n) is 2.97. The molecule has 0 radical (unpaired) electrons. The second-order valence-corrected chi connectivity index (χ2v) is 5.24. The van der Waals surface area contributed by atoms with Crippen LogP contribution >= 0.6 is 15.9 Å². The van der Waals surface area contributed by atoms with Gasteiger partial charge in [-0.1, -0.05) is 41.1 Å². The first-order valence-corrected chi connectivity index (χ1v) is 6.71. The van der Waals surface area contributed by atoms with Crippen molar-refractivity contribution >= 4 is 27.9 Å². The molecule has 0 saturated carbocycles. The molecule has 19 heavy (non-hydrogen) atoms. The van der Waals surface area contributed by atoms with E-state index in [-0.39, 0.29) is 0 Å². The number of hydrogen-bond acceptors (Lipinski definition) is 2. The summed E-state index contributed by atoms with van der Waals surface area (Å²) >= 11 is 3.38. The predicted octanol–water partition coefficient (Wildman–Crippen LogP) is 2.50. The molecule has 0 fully saturated rings. The highest BCUT2D eigenvalue weighted by Crippen LogP contribution is 2.15. The maximum atomic E-state index is 11.7. The van der Waals surface area contributed by atoms with Gasteiger partial charge in [0.15, 0.2) is 0 Å². The van der Waals surface area contributed by atoms with Crippen molar-refractivity contribution in [1.29, 1.82) is 0 Å². The number of rotatable bonds is 5. The van der Waals surface area contributed by atoms with E-state index in [1.54, 1.807) is 6.92 Å². The zero-order valence-corrected chi connectivity index (χ0v) is 12.5. The first-order chi connectivity index (χ1) is 8.89. The van der Waals surface area contributed by atoms with Gasteiger partial charge in [-0.3, -0.25) is 0 Å². The molecule has 104 valence electrons. The van der Waals surface area contributed by atoms with Crippen molar-refractivity contribution in [2.75, 3.05) is 0 Å². The van der Waals surface area contributed by atoms with Gasteiger partial charge in [0.05, 0.1) is 0 Å². The number of urea groups is 1. The van der Waals surface area contributed by atoms with E-state index in [1.165, 1.54) is 6.92 Å². The Kier molecular flexibility index (Phi) is 5.35. The zero-order valence-electron chi connectivity index (χ0n) is 10.9. The Morgan fingerprint density at radius 2 is 2.00 bits per heavy atom. The predicted molar refractivity (Wildman–Crippen MR) is 75.8 cm³/mol. The second-order valence-electron chi connectivity index (χ2n) is 4.39. The number of halogens is 1. The number of benzene rings is 1. The fourth-order valence-corrected chi connectivity index (χ4v) is 1.83. The first-order valence-electron chi connectivity index (χ1n) is 5.92. The molecule has 0 saturated heterocycles. The molecule has 1 aromatic rings. The fourth-order valence-electron chi connectivity index (χ4n) is 1.41. The minimum atomic E-state index is -1.25. The van der Waals surface area contributed by atoms with Crippen LogP contribution in [0.5, 0.6) is 0 Å². The van der Waals surface area contributed by atoms with E-state index in [0.29, 0.717) is 13.0 Å². The van der Waals surface area contributed by atoms with Crippen molar-refractivity contribution in [3.63, 3.8) is 0 Å². The van der Waals surface area contributed by atoms with Gasteiger partial charge in [0.1, 0.15) is 5.54 Å². The molecule has 6 heteroatoms. The quantitative estimate of drug-likeness (QED) is 0.777. The maximum absolute atomic E-state index is 11.7. The summed E-state index contributed by atoms with van der Waals surface area (Å²) in [6.07, 6.45) is 0.310. The summed E-state index contributed by atoms with van der Waals surface area (Å²) in [5.74, 6) is -1.05. The summed E-state index contributed by atoms with van der Waals surface area (Å²) < 4.78 is 0.895. The van der Waals surface area contributed by atoms with Crippen LogP contribution in [0.15, 0.2) is 28.7 Å². The molecule has 1 atom stereocenters. The lowest BCUT2D eigenvalue weighted by atomic mass is 10.00. The van der Waals surface area contributed by atoms with Gasteiger partial charge in [0.25, 0.3) is 0 Å². The minimum absolute atomic E-state index is 0.310. The Morgan fingerprint density at radius 1 is 1.37 bits per heavy atom. The minimum Gasteiger partial charge on any atom is -0.480 e. The summed E-state index contributed by atoms with van der Waals surface area (Å²) in [5, 5.41) is 14.2. The van der Waals surface area contributed by atoms with Gasteiger partial charge < -0.3 is 15.7 Å². The number of carboxylic acid groups (broad SMARTS) is 1. The Hall–Kier alpha value is -1.56. The number of hydrogen-bond donors (Lipinski definition) is 3. The smallest absolute Gasteiger partial charge is 0.329 e. The van der Waals surface area contributed by atoms with E-state index in [4.69, 9.17) is 5.11 Å². The Bertz CT molecular complexity index is 479. The van der Waals surface area contributed by atoms with Gasteiger partial charge in [-0.05, 0) is 25.0 Å². The summed E-state index contributed by atoms with van der Waals surface area (Å²) in [4.78, 5) is 22.8. The Labute approximate surface area is 120 Å². The fraction of sp³-hybridized carbons (Fsp3) is 0.385. The van der Waals surface area contributed by atoms with Gasteiger partial charge in [0, 0.05) is 11.0 Å². The second kappa shape index (κ2) is 6.56. The lowest BCUT2D eigenvalue weighted by Crippen LogP contribution is -2.54. The van der Waals surface area contributed by atoms with Gasteiger partial charge in [-0.15, -0.1) is 0 Å². The molecule has 3 N–H and O–H groups in total. The molecule has 2 amide bonds. The van der Waals surface area contributed by atoms with Crippen molar-refractivity contribution in [2.45, 2.75) is 32.4 Å². The van der Waals surface area contributed by atoms with Crippen molar-refractivity contribution in [3.8, 4) is 0 Å². The average molecular weight is 329 g/mol. The van der Waals surface area contributed by atoms with Crippen LogP contribution < -0.4 is 10.6 Å². The third kappa shape index (κ3) is 4.24. The average Bonchev–Trinajstić information content (AvgIpc) is 2.37. The molecule has 5 nitrogen and oxygen atoms in total. The standard InChI is InChI=1S/C13H17BrN2O3/c1-3-13(2,11(17)18)16-12(19)15-8-9-6-4-5-7-10(9)14/h4-7H,3,8H2,1-2H3,(H,17,18)(H2,15,16,19). The van der Waals surface area contributed by atoms with Crippen LogP contribution in [0.2, 0.25) is 0 Å². The first kappa shape index (κ1) is 15.5. The monoisotopic (exact) mass is 328 g/mol. The van der Waals surface area contributed by atoms with Crippen LogP contribution in [0.3, 0.4) is 0 Å². The van der Waals surface area contributed by atoms with E-state index in [0.717, 1.165) is 10.0 Å². The maximum Gasteiger partial charge on any atom is 0.329 e. The van der Waals surface area contributed by atoms with Gasteiger partial charge in [0.2, 0.25) is 0 Å². The molecule has 0 aliphatic rings.